The van der Waals surface area contributed by atoms with Crippen molar-refractivity contribution in [1.29, 1.82) is 0 Å². The molecule has 5 nitrogen and oxygen atoms in total. The molecule has 0 aliphatic carbocycles. The minimum Gasteiger partial charge on any atom is -0.350 e. The molecule has 0 aliphatic rings. The molecule has 0 unspecified atom stereocenters. The van der Waals surface area contributed by atoms with Crippen molar-refractivity contribution in [2.45, 2.75) is 26.8 Å². The Bertz CT molecular complexity index is 941. The van der Waals surface area contributed by atoms with Crippen LogP contribution < -0.4 is 10.6 Å². The van der Waals surface area contributed by atoms with Crippen LogP contribution in [0.5, 0.6) is 0 Å². The van der Waals surface area contributed by atoms with Gasteiger partial charge in [-0.2, -0.15) is 0 Å². The number of carbonyl (C=O) groups excluding carboxylic acids is 1. The normalized spacial score (nSPS) is 10.5. The summed E-state index contributed by atoms with van der Waals surface area (Å²) < 4.78 is 13.0. The molecule has 138 valence electrons. The molecule has 3 aromatic rings. The van der Waals surface area contributed by atoms with Crippen LogP contribution in [-0.2, 0) is 13.0 Å². The average molecular weight is 364 g/mol. The second-order valence-electron chi connectivity index (χ2n) is 6.16. The van der Waals surface area contributed by atoms with Crippen LogP contribution >= 0.6 is 0 Å². The Balaban J connectivity index is 1.71. The summed E-state index contributed by atoms with van der Waals surface area (Å²) in [4.78, 5) is 21.0. The monoisotopic (exact) mass is 364 g/mol. The second kappa shape index (κ2) is 8.40. The van der Waals surface area contributed by atoms with Crippen molar-refractivity contribution in [1.82, 2.24) is 9.97 Å². The van der Waals surface area contributed by atoms with Crippen molar-refractivity contribution in [3.05, 3.63) is 82.9 Å². The first-order valence-corrected chi connectivity index (χ1v) is 8.78. The van der Waals surface area contributed by atoms with Gasteiger partial charge in [-0.3, -0.25) is 4.79 Å². The number of hydrogen-bond donors (Lipinski definition) is 2. The minimum absolute atomic E-state index is 0.275. The fraction of sp³-hybridized carbons (Fsp3) is 0.190. The predicted molar refractivity (Wildman–Crippen MR) is 104 cm³/mol. The zero-order valence-corrected chi connectivity index (χ0v) is 15.3. The highest BCUT2D eigenvalue weighted by Crippen LogP contribution is 2.21. The lowest BCUT2D eigenvalue weighted by Crippen LogP contribution is -2.17. The molecule has 2 N–H and O–H groups in total. The molecule has 27 heavy (non-hydrogen) atoms. The van der Waals surface area contributed by atoms with Crippen molar-refractivity contribution in [3.8, 4) is 0 Å². The molecular formula is C21H21FN4O. The number of aryl methyl sites for hydroxylation is 2. The number of halogens is 1. The van der Waals surface area contributed by atoms with E-state index >= 15 is 0 Å². The van der Waals surface area contributed by atoms with Gasteiger partial charge in [-0.25, -0.2) is 14.4 Å². The van der Waals surface area contributed by atoms with Crippen molar-refractivity contribution < 1.29 is 9.18 Å². The number of benzene rings is 2. The van der Waals surface area contributed by atoms with Gasteiger partial charge in [0.05, 0.1) is 0 Å². The first-order valence-electron chi connectivity index (χ1n) is 8.78. The van der Waals surface area contributed by atoms with Crippen LogP contribution in [-0.4, -0.2) is 15.9 Å². The topological polar surface area (TPSA) is 66.9 Å². The fourth-order valence-electron chi connectivity index (χ4n) is 2.73. The van der Waals surface area contributed by atoms with Crippen LogP contribution in [0.15, 0.2) is 54.7 Å². The molecule has 0 saturated heterocycles. The smallest absolute Gasteiger partial charge is 0.274 e. The van der Waals surface area contributed by atoms with E-state index in [0.29, 0.717) is 12.5 Å². The van der Waals surface area contributed by atoms with Crippen LogP contribution in [0.2, 0.25) is 0 Å². The quantitative estimate of drug-likeness (QED) is 0.682. The van der Waals surface area contributed by atoms with Gasteiger partial charge in [0.15, 0.2) is 0 Å². The molecule has 0 atom stereocenters. The van der Waals surface area contributed by atoms with Crippen LogP contribution in [0.4, 0.5) is 16.0 Å². The van der Waals surface area contributed by atoms with Gasteiger partial charge in [0.1, 0.15) is 11.5 Å². The van der Waals surface area contributed by atoms with E-state index in [1.54, 1.807) is 18.2 Å². The predicted octanol–water partition coefficient (Wildman–Crippen LogP) is 4.35. The maximum atomic E-state index is 13.0. The van der Waals surface area contributed by atoms with Crippen molar-refractivity contribution in [2.75, 3.05) is 10.6 Å². The van der Waals surface area contributed by atoms with E-state index in [1.807, 2.05) is 32.0 Å². The Morgan fingerprint density at radius 2 is 1.89 bits per heavy atom. The first-order chi connectivity index (χ1) is 13.1. The van der Waals surface area contributed by atoms with Gasteiger partial charge in [0, 0.05) is 18.4 Å². The zero-order chi connectivity index (χ0) is 19.2. The number of carbonyl (C=O) groups is 1. The van der Waals surface area contributed by atoms with E-state index in [4.69, 9.17) is 0 Å². The molecule has 0 fully saturated rings. The van der Waals surface area contributed by atoms with Gasteiger partial charge in [-0.1, -0.05) is 37.3 Å². The Labute approximate surface area is 157 Å². The summed E-state index contributed by atoms with van der Waals surface area (Å²) in [6.07, 6.45) is 2.36. The summed E-state index contributed by atoms with van der Waals surface area (Å²) in [5, 5.41) is 6.00. The summed E-state index contributed by atoms with van der Waals surface area (Å²) in [6, 6.07) is 13.7. The number of nitrogens with zero attached hydrogens (tertiary/aromatic N) is 2. The maximum absolute atomic E-state index is 13.0. The highest BCUT2D eigenvalue weighted by atomic mass is 19.1. The van der Waals surface area contributed by atoms with Crippen molar-refractivity contribution in [2.24, 2.45) is 0 Å². The van der Waals surface area contributed by atoms with Gasteiger partial charge in [0.25, 0.3) is 5.91 Å². The molecule has 3 rings (SSSR count). The third kappa shape index (κ3) is 4.67. The summed E-state index contributed by atoms with van der Waals surface area (Å²) in [5.41, 5.74) is 4.07. The molecule has 0 radical (unpaired) electrons. The summed E-state index contributed by atoms with van der Waals surface area (Å²) in [5.74, 6) is -0.227. The van der Waals surface area contributed by atoms with Gasteiger partial charge < -0.3 is 10.6 Å². The third-order valence-electron chi connectivity index (χ3n) is 4.23. The fourth-order valence-corrected chi connectivity index (χ4v) is 2.73. The molecule has 0 bridgehead atoms. The van der Waals surface area contributed by atoms with Crippen LogP contribution in [0, 0.1) is 12.7 Å². The van der Waals surface area contributed by atoms with Gasteiger partial charge in [-0.05, 0) is 48.2 Å². The van der Waals surface area contributed by atoms with Crippen molar-refractivity contribution >= 4 is 17.5 Å². The van der Waals surface area contributed by atoms with E-state index < -0.39 is 0 Å². The Morgan fingerprint density at radius 3 is 2.63 bits per heavy atom. The van der Waals surface area contributed by atoms with Gasteiger partial charge in [-0.15, -0.1) is 0 Å². The summed E-state index contributed by atoms with van der Waals surface area (Å²) >= 11 is 0. The number of aromatic nitrogens is 2. The molecule has 6 heteroatoms. The van der Waals surface area contributed by atoms with Crippen molar-refractivity contribution in [3.63, 3.8) is 0 Å². The second-order valence-corrected chi connectivity index (χ2v) is 6.16. The Morgan fingerprint density at radius 1 is 1.11 bits per heavy atom. The van der Waals surface area contributed by atoms with E-state index in [1.165, 1.54) is 18.3 Å². The lowest BCUT2D eigenvalue weighted by Gasteiger charge is -2.13. The Hall–Kier alpha value is -3.28. The SMILES string of the molecule is CCc1cccc(C)c1NC(=O)c1ccnc(NCc2ccc(F)cc2)n1. The van der Waals surface area contributed by atoms with E-state index in [2.05, 4.69) is 20.6 Å². The number of nitrogens with one attached hydrogen (secondary N) is 2. The summed E-state index contributed by atoms with van der Waals surface area (Å²) in [6.45, 7) is 4.44. The summed E-state index contributed by atoms with van der Waals surface area (Å²) in [7, 11) is 0. The Kier molecular flexibility index (Phi) is 5.76. The largest absolute Gasteiger partial charge is 0.350 e. The molecule has 1 amide bonds. The lowest BCUT2D eigenvalue weighted by atomic mass is 10.1. The first kappa shape index (κ1) is 18.5. The van der Waals surface area contributed by atoms with Gasteiger partial charge >= 0.3 is 0 Å². The van der Waals surface area contributed by atoms with E-state index in [0.717, 1.165) is 28.8 Å². The molecule has 0 spiro atoms. The van der Waals surface area contributed by atoms with Crippen LogP contribution in [0.25, 0.3) is 0 Å². The van der Waals surface area contributed by atoms with Crippen LogP contribution in [0.1, 0.15) is 34.1 Å². The third-order valence-corrected chi connectivity index (χ3v) is 4.23. The number of anilines is 2. The van der Waals surface area contributed by atoms with E-state index in [9.17, 15) is 9.18 Å². The average Bonchev–Trinajstić information content (AvgIpc) is 2.69. The number of rotatable bonds is 6. The minimum atomic E-state index is -0.286. The molecule has 0 saturated carbocycles. The number of amides is 1. The number of hydrogen-bond acceptors (Lipinski definition) is 4. The molecule has 1 heterocycles. The lowest BCUT2D eigenvalue weighted by molar-refractivity contribution is 0.102. The highest BCUT2D eigenvalue weighted by molar-refractivity contribution is 6.03. The maximum Gasteiger partial charge on any atom is 0.274 e. The standard InChI is InChI=1S/C21H21FN4O/c1-3-16-6-4-5-14(2)19(16)26-20(27)18-11-12-23-21(25-18)24-13-15-7-9-17(22)10-8-15/h4-12H,3,13H2,1-2H3,(H,26,27)(H,23,24,25). The van der Waals surface area contributed by atoms with Crippen LogP contribution in [0.3, 0.4) is 0 Å². The molecule has 1 aromatic heterocycles. The molecule has 2 aromatic carbocycles. The molecule has 0 aliphatic heterocycles. The van der Waals surface area contributed by atoms with Gasteiger partial charge in [0.2, 0.25) is 5.95 Å². The zero-order valence-electron chi connectivity index (χ0n) is 15.3. The highest BCUT2D eigenvalue weighted by Gasteiger charge is 2.12. The van der Waals surface area contributed by atoms with E-state index in [-0.39, 0.29) is 17.4 Å². The molecular weight excluding hydrogens is 343 g/mol. The number of para-hydroxylation sites is 1.